The third kappa shape index (κ3) is 5.67. The van der Waals surface area contributed by atoms with Gasteiger partial charge in [0.15, 0.2) is 0 Å². The smallest absolute Gasteiger partial charge is 0.234 e. The monoisotopic (exact) mass is 384 g/mol. The van der Waals surface area contributed by atoms with E-state index in [-0.39, 0.29) is 11.9 Å². The molecule has 1 N–H and O–H groups in total. The molecule has 0 spiro atoms. The van der Waals surface area contributed by atoms with E-state index in [0.717, 1.165) is 11.1 Å². The number of amides is 1. The van der Waals surface area contributed by atoms with Gasteiger partial charge in [0.2, 0.25) is 5.91 Å². The minimum Gasteiger partial charge on any atom is -0.348 e. The molecule has 1 atom stereocenters. The van der Waals surface area contributed by atoms with Crippen molar-refractivity contribution in [1.29, 1.82) is 0 Å². The first-order valence-electron chi connectivity index (χ1n) is 7.52. The fourth-order valence-corrected chi connectivity index (χ4v) is 2.79. The number of hydrogen-bond donors (Lipinski definition) is 1. The molecule has 0 radical (unpaired) electrons. The summed E-state index contributed by atoms with van der Waals surface area (Å²) in [6, 6.07) is 12.8. The van der Waals surface area contributed by atoms with Crippen LogP contribution < -0.4 is 5.32 Å². The van der Waals surface area contributed by atoms with Gasteiger partial charge < -0.3 is 5.32 Å². The van der Waals surface area contributed by atoms with Crippen LogP contribution in [0.3, 0.4) is 0 Å². The van der Waals surface area contributed by atoms with E-state index in [1.807, 2.05) is 49.2 Å². The van der Waals surface area contributed by atoms with Crippen molar-refractivity contribution >= 4 is 40.7 Å². The summed E-state index contributed by atoms with van der Waals surface area (Å²) in [5, 5.41) is 4.65. The predicted molar refractivity (Wildman–Crippen MR) is 101 cm³/mol. The molecule has 2 rings (SSSR count). The molecule has 6 heteroatoms. The second kappa shape index (κ2) is 8.72. The molecule has 0 saturated carbocycles. The van der Waals surface area contributed by atoms with Crippen molar-refractivity contribution in [3.05, 3.63) is 68.7 Å². The molecule has 2 aromatic carbocycles. The van der Waals surface area contributed by atoms with E-state index in [0.29, 0.717) is 28.2 Å². The Kier molecular flexibility index (Phi) is 6.93. The molecule has 2 aromatic rings. The van der Waals surface area contributed by atoms with E-state index < -0.39 is 0 Å². The minimum absolute atomic E-state index is 0.0509. The first-order valence-corrected chi connectivity index (χ1v) is 8.66. The van der Waals surface area contributed by atoms with Crippen molar-refractivity contribution in [2.24, 2.45) is 0 Å². The highest BCUT2D eigenvalue weighted by molar-refractivity contribution is 6.42. The van der Waals surface area contributed by atoms with Gasteiger partial charge in [0.05, 0.1) is 22.6 Å². The van der Waals surface area contributed by atoms with E-state index in [1.165, 1.54) is 0 Å². The lowest BCUT2D eigenvalue weighted by molar-refractivity contribution is -0.122. The Morgan fingerprint density at radius 2 is 1.75 bits per heavy atom. The Morgan fingerprint density at radius 3 is 2.38 bits per heavy atom. The van der Waals surface area contributed by atoms with Gasteiger partial charge in [-0.3, -0.25) is 9.69 Å². The summed E-state index contributed by atoms with van der Waals surface area (Å²) in [6.07, 6.45) is 0. The summed E-state index contributed by atoms with van der Waals surface area (Å²) >= 11 is 17.8. The van der Waals surface area contributed by atoms with Gasteiger partial charge in [-0.25, -0.2) is 0 Å². The molecule has 0 aliphatic carbocycles. The van der Waals surface area contributed by atoms with Crippen LogP contribution in [0.2, 0.25) is 15.1 Å². The van der Waals surface area contributed by atoms with Crippen molar-refractivity contribution in [2.75, 3.05) is 13.6 Å². The Bertz CT molecular complexity index is 704. The standard InChI is InChI=1S/C18H19Cl3N2O/c1-12(14-5-8-16(20)17(21)9-14)22-18(24)11-23(2)10-13-3-6-15(19)7-4-13/h3-9,12H,10-11H2,1-2H3,(H,22,24). The zero-order chi connectivity index (χ0) is 17.7. The third-order valence-corrected chi connectivity index (χ3v) is 4.59. The molecule has 0 heterocycles. The molecule has 0 fully saturated rings. The number of benzene rings is 2. The van der Waals surface area contributed by atoms with Crippen molar-refractivity contribution in [2.45, 2.75) is 19.5 Å². The van der Waals surface area contributed by atoms with Gasteiger partial charge in [0.1, 0.15) is 0 Å². The average molecular weight is 386 g/mol. The summed E-state index contributed by atoms with van der Waals surface area (Å²) in [4.78, 5) is 14.1. The van der Waals surface area contributed by atoms with Crippen LogP contribution >= 0.6 is 34.8 Å². The van der Waals surface area contributed by atoms with Crippen molar-refractivity contribution < 1.29 is 4.79 Å². The van der Waals surface area contributed by atoms with Crippen LogP contribution in [0.5, 0.6) is 0 Å². The fraction of sp³-hybridized carbons (Fsp3) is 0.278. The summed E-state index contributed by atoms with van der Waals surface area (Å²) in [5.74, 6) is -0.0509. The second-order valence-electron chi connectivity index (χ2n) is 5.76. The predicted octanol–water partition coefficient (Wildman–Crippen LogP) is 4.96. The number of nitrogens with one attached hydrogen (secondary N) is 1. The highest BCUT2D eigenvalue weighted by Crippen LogP contribution is 2.25. The van der Waals surface area contributed by atoms with Crippen molar-refractivity contribution in [3.63, 3.8) is 0 Å². The number of likely N-dealkylation sites (N-methyl/N-ethyl adjacent to an activating group) is 1. The third-order valence-electron chi connectivity index (χ3n) is 3.60. The van der Waals surface area contributed by atoms with Gasteiger partial charge in [-0.1, -0.05) is 53.0 Å². The summed E-state index contributed by atoms with van der Waals surface area (Å²) in [6.45, 7) is 2.89. The maximum atomic E-state index is 12.2. The normalized spacial score (nSPS) is 12.2. The SMILES string of the molecule is CC(NC(=O)CN(C)Cc1ccc(Cl)cc1)c1ccc(Cl)c(Cl)c1. The Hall–Kier alpha value is -1.26. The summed E-state index contributed by atoms with van der Waals surface area (Å²) < 4.78 is 0. The van der Waals surface area contributed by atoms with Crippen LogP contribution in [0.1, 0.15) is 24.1 Å². The van der Waals surface area contributed by atoms with Crippen molar-refractivity contribution in [3.8, 4) is 0 Å². The number of hydrogen-bond acceptors (Lipinski definition) is 2. The van der Waals surface area contributed by atoms with Crippen LogP contribution in [0.25, 0.3) is 0 Å². The fourth-order valence-electron chi connectivity index (χ4n) is 2.35. The van der Waals surface area contributed by atoms with Gasteiger partial charge in [-0.15, -0.1) is 0 Å². The number of carbonyl (C=O) groups is 1. The molecular weight excluding hydrogens is 367 g/mol. The zero-order valence-corrected chi connectivity index (χ0v) is 15.8. The maximum Gasteiger partial charge on any atom is 0.234 e. The molecule has 0 aliphatic rings. The van der Waals surface area contributed by atoms with E-state index in [2.05, 4.69) is 5.32 Å². The quantitative estimate of drug-likeness (QED) is 0.762. The molecule has 0 saturated heterocycles. The number of nitrogens with zero attached hydrogens (tertiary/aromatic N) is 1. The van der Waals surface area contributed by atoms with Crippen LogP contribution in [-0.4, -0.2) is 24.4 Å². The van der Waals surface area contributed by atoms with E-state index in [4.69, 9.17) is 34.8 Å². The number of halogens is 3. The Balaban J connectivity index is 1.87. The lowest BCUT2D eigenvalue weighted by atomic mass is 10.1. The van der Waals surface area contributed by atoms with Gasteiger partial charge in [-0.2, -0.15) is 0 Å². The highest BCUT2D eigenvalue weighted by atomic mass is 35.5. The van der Waals surface area contributed by atoms with E-state index >= 15 is 0 Å². The number of carbonyl (C=O) groups excluding carboxylic acids is 1. The molecule has 1 amide bonds. The minimum atomic E-state index is -0.142. The maximum absolute atomic E-state index is 12.2. The van der Waals surface area contributed by atoms with Gasteiger partial charge in [0, 0.05) is 11.6 Å². The average Bonchev–Trinajstić information content (AvgIpc) is 2.52. The van der Waals surface area contributed by atoms with Gasteiger partial charge in [-0.05, 0) is 49.4 Å². The molecule has 1 unspecified atom stereocenters. The molecular formula is C18H19Cl3N2O. The first kappa shape index (κ1) is 19.1. The van der Waals surface area contributed by atoms with Crippen LogP contribution in [0.4, 0.5) is 0 Å². The van der Waals surface area contributed by atoms with Gasteiger partial charge >= 0.3 is 0 Å². The zero-order valence-electron chi connectivity index (χ0n) is 13.5. The van der Waals surface area contributed by atoms with Crippen LogP contribution in [0, 0.1) is 0 Å². The Labute approximate surface area is 157 Å². The topological polar surface area (TPSA) is 32.3 Å². The highest BCUT2D eigenvalue weighted by Gasteiger charge is 2.13. The first-order chi connectivity index (χ1) is 11.3. The molecule has 0 aliphatic heterocycles. The van der Waals surface area contributed by atoms with E-state index in [1.54, 1.807) is 12.1 Å². The second-order valence-corrected chi connectivity index (χ2v) is 7.01. The van der Waals surface area contributed by atoms with Crippen molar-refractivity contribution in [1.82, 2.24) is 10.2 Å². The Morgan fingerprint density at radius 1 is 1.08 bits per heavy atom. The molecule has 0 aromatic heterocycles. The van der Waals surface area contributed by atoms with E-state index in [9.17, 15) is 4.79 Å². The number of rotatable bonds is 6. The molecule has 24 heavy (non-hydrogen) atoms. The van der Waals surface area contributed by atoms with Crippen LogP contribution in [-0.2, 0) is 11.3 Å². The van der Waals surface area contributed by atoms with Gasteiger partial charge in [0.25, 0.3) is 0 Å². The lowest BCUT2D eigenvalue weighted by Gasteiger charge is -2.19. The van der Waals surface area contributed by atoms with Crippen LogP contribution in [0.15, 0.2) is 42.5 Å². The largest absolute Gasteiger partial charge is 0.348 e. The molecule has 0 bridgehead atoms. The summed E-state index contributed by atoms with van der Waals surface area (Å²) in [7, 11) is 1.90. The lowest BCUT2D eigenvalue weighted by Crippen LogP contribution is -2.36. The molecule has 128 valence electrons. The summed E-state index contributed by atoms with van der Waals surface area (Å²) in [5.41, 5.74) is 2.02. The molecule has 3 nitrogen and oxygen atoms in total.